The van der Waals surface area contributed by atoms with Gasteiger partial charge in [0.25, 0.3) is 5.91 Å². The Bertz CT molecular complexity index is 442. The standard InChI is InChI=1S/C8H6N4O3S/c9-2-4(7(10)15)3-12-6(14)1-5(13)11-8(12)16/h3H,1H2,(H2,10,15)(H,11,13,16)/b4-3+. The zero-order chi connectivity index (χ0) is 12.3. The van der Waals surface area contributed by atoms with Crippen LogP contribution in [0, 0.1) is 11.3 Å². The molecule has 16 heavy (non-hydrogen) atoms. The normalized spacial score (nSPS) is 16.8. The van der Waals surface area contributed by atoms with E-state index in [0.29, 0.717) is 0 Å². The summed E-state index contributed by atoms with van der Waals surface area (Å²) in [6, 6.07) is 1.52. The molecule has 0 aromatic heterocycles. The topological polar surface area (TPSA) is 116 Å². The van der Waals surface area contributed by atoms with Gasteiger partial charge in [0.1, 0.15) is 18.1 Å². The van der Waals surface area contributed by atoms with Crippen molar-refractivity contribution in [3.63, 3.8) is 0 Å². The highest BCUT2D eigenvalue weighted by atomic mass is 32.1. The first-order chi connectivity index (χ1) is 7.45. The summed E-state index contributed by atoms with van der Waals surface area (Å²) in [5.74, 6) is -2.13. The van der Waals surface area contributed by atoms with Gasteiger partial charge in [0.05, 0.1) is 0 Å². The first-order valence-electron chi connectivity index (χ1n) is 4.03. The minimum absolute atomic E-state index is 0.185. The van der Waals surface area contributed by atoms with Crippen LogP contribution in [-0.2, 0) is 14.4 Å². The van der Waals surface area contributed by atoms with Crippen molar-refractivity contribution in [3.05, 3.63) is 11.8 Å². The molecule has 0 saturated carbocycles. The molecule has 0 unspecified atom stereocenters. The van der Waals surface area contributed by atoms with Crippen molar-refractivity contribution in [1.29, 1.82) is 5.26 Å². The van der Waals surface area contributed by atoms with Gasteiger partial charge >= 0.3 is 0 Å². The number of rotatable bonds is 2. The van der Waals surface area contributed by atoms with E-state index in [9.17, 15) is 14.4 Å². The summed E-state index contributed by atoms with van der Waals surface area (Å²) in [6.07, 6.45) is 0.514. The van der Waals surface area contributed by atoms with Crippen molar-refractivity contribution in [2.24, 2.45) is 5.73 Å². The summed E-state index contributed by atoms with van der Waals surface area (Å²) < 4.78 is 0. The van der Waals surface area contributed by atoms with Crippen LogP contribution in [0.25, 0.3) is 0 Å². The molecule has 0 spiro atoms. The zero-order valence-corrected chi connectivity index (χ0v) is 8.71. The van der Waals surface area contributed by atoms with Crippen LogP contribution in [0.2, 0.25) is 0 Å². The van der Waals surface area contributed by atoms with Crippen molar-refractivity contribution in [1.82, 2.24) is 10.2 Å². The lowest BCUT2D eigenvalue weighted by molar-refractivity contribution is -0.133. The van der Waals surface area contributed by atoms with E-state index < -0.39 is 29.7 Å². The molecule has 8 heteroatoms. The molecule has 1 fully saturated rings. The minimum Gasteiger partial charge on any atom is -0.365 e. The molecule has 1 heterocycles. The number of thiocarbonyl (C=S) groups is 1. The maximum atomic E-state index is 11.4. The summed E-state index contributed by atoms with van der Waals surface area (Å²) in [4.78, 5) is 33.8. The van der Waals surface area contributed by atoms with Crippen molar-refractivity contribution < 1.29 is 14.4 Å². The Morgan fingerprint density at radius 1 is 1.62 bits per heavy atom. The Labute approximate surface area is 95.5 Å². The van der Waals surface area contributed by atoms with E-state index in [0.717, 1.165) is 11.1 Å². The minimum atomic E-state index is -0.977. The number of amides is 3. The highest BCUT2D eigenvalue weighted by Crippen LogP contribution is 2.06. The first-order valence-corrected chi connectivity index (χ1v) is 4.44. The Balaban J connectivity index is 3.01. The third kappa shape index (κ3) is 2.40. The van der Waals surface area contributed by atoms with Crippen molar-refractivity contribution >= 4 is 35.1 Å². The van der Waals surface area contributed by atoms with E-state index in [1.54, 1.807) is 0 Å². The van der Waals surface area contributed by atoms with Gasteiger partial charge in [0, 0.05) is 6.20 Å². The number of carbonyl (C=O) groups is 3. The average Bonchev–Trinajstić information content (AvgIpc) is 2.15. The fourth-order valence-corrected chi connectivity index (χ4v) is 1.24. The molecule has 0 radical (unpaired) electrons. The number of hydrogen-bond donors (Lipinski definition) is 2. The third-order valence-corrected chi connectivity index (χ3v) is 1.99. The van der Waals surface area contributed by atoms with Gasteiger partial charge in [-0.2, -0.15) is 5.26 Å². The SMILES string of the molecule is N#C/C(=C\N1C(=O)CC(=O)NC1=S)C(N)=O. The van der Waals surface area contributed by atoms with Crippen LogP contribution in [0.3, 0.4) is 0 Å². The molecule has 0 aromatic carbocycles. The largest absolute Gasteiger partial charge is 0.365 e. The summed E-state index contributed by atoms with van der Waals surface area (Å²) >= 11 is 4.70. The summed E-state index contributed by atoms with van der Waals surface area (Å²) in [6.45, 7) is 0. The lowest BCUT2D eigenvalue weighted by Gasteiger charge is -2.23. The van der Waals surface area contributed by atoms with Gasteiger partial charge in [-0.3, -0.25) is 19.3 Å². The molecule has 0 atom stereocenters. The smallest absolute Gasteiger partial charge is 0.260 e. The molecule has 0 aliphatic carbocycles. The second-order valence-electron chi connectivity index (χ2n) is 2.81. The second kappa shape index (κ2) is 4.50. The quantitative estimate of drug-likeness (QED) is 0.263. The van der Waals surface area contributed by atoms with Crippen LogP contribution in [0.1, 0.15) is 6.42 Å². The fourth-order valence-electron chi connectivity index (χ4n) is 0.967. The predicted molar refractivity (Wildman–Crippen MR) is 55.1 cm³/mol. The molecule has 1 aliphatic heterocycles. The number of nitrogens with zero attached hydrogens (tertiary/aromatic N) is 2. The molecule has 0 aromatic rings. The third-order valence-electron chi connectivity index (χ3n) is 1.69. The average molecular weight is 238 g/mol. The highest BCUT2D eigenvalue weighted by molar-refractivity contribution is 7.80. The Hall–Kier alpha value is -2.27. The number of hydrogen-bond acceptors (Lipinski definition) is 5. The van der Waals surface area contributed by atoms with Crippen LogP contribution >= 0.6 is 12.2 Å². The fraction of sp³-hybridized carbons (Fsp3) is 0.125. The van der Waals surface area contributed by atoms with Gasteiger partial charge in [-0.05, 0) is 12.2 Å². The summed E-state index contributed by atoms with van der Waals surface area (Å²) in [5, 5.41) is 10.6. The van der Waals surface area contributed by atoms with Crippen LogP contribution in [0.5, 0.6) is 0 Å². The van der Waals surface area contributed by atoms with Crippen molar-refractivity contribution in [2.75, 3.05) is 0 Å². The molecule has 1 aliphatic rings. The Morgan fingerprint density at radius 3 is 2.69 bits per heavy atom. The molecular weight excluding hydrogens is 232 g/mol. The number of nitriles is 1. The van der Waals surface area contributed by atoms with E-state index in [2.05, 4.69) is 5.32 Å². The van der Waals surface area contributed by atoms with Crippen LogP contribution < -0.4 is 11.1 Å². The van der Waals surface area contributed by atoms with Gasteiger partial charge in [-0.25, -0.2) is 0 Å². The van der Waals surface area contributed by atoms with E-state index >= 15 is 0 Å². The summed E-state index contributed by atoms with van der Waals surface area (Å²) in [5.41, 5.74) is 4.46. The maximum absolute atomic E-state index is 11.4. The zero-order valence-electron chi connectivity index (χ0n) is 7.89. The number of carbonyl (C=O) groups excluding carboxylic acids is 3. The maximum Gasteiger partial charge on any atom is 0.260 e. The predicted octanol–water partition coefficient (Wildman–Crippen LogP) is -1.49. The van der Waals surface area contributed by atoms with Gasteiger partial charge in [0.15, 0.2) is 5.11 Å². The molecular formula is C8H6N4O3S. The van der Waals surface area contributed by atoms with Crippen molar-refractivity contribution in [2.45, 2.75) is 6.42 Å². The van der Waals surface area contributed by atoms with Gasteiger partial charge in [-0.15, -0.1) is 0 Å². The van der Waals surface area contributed by atoms with E-state index in [1.165, 1.54) is 6.07 Å². The van der Waals surface area contributed by atoms with Gasteiger partial charge in [-0.1, -0.05) is 0 Å². The number of primary amides is 1. The monoisotopic (exact) mass is 238 g/mol. The first kappa shape index (κ1) is 11.8. The summed E-state index contributed by atoms with van der Waals surface area (Å²) in [7, 11) is 0. The van der Waals surface area contributed by atoms with Crippen LogP contribution in [-0.4, -0.2) is 27.7 Å². The number of nitrogens with two attached hydrogens (primary N) is 1. The Kier molecular flexibility index (Phi) is 3.32. The Morgan fingerprint density at radius 2 is 2.25 bits per heavy atom. The van der Waals surface area contributed by atoms with E-state index in [-0.39, 0.29) is 5.11 Å². The van der Waals surface area contributed by atoms with Crippen molar-refractivity contribution in [3.8, 4) is 6.07 Å². The molecule has 3 amide bonds. The molecule has 1 rings (SSSR count). The molecule has 0 bridgehead atoms. The lowest BCUT2D eigenvalue weighted by Crippen LogP contribution is -2.50. The molecule has 3 N–H and O–H groups in total. The van der Waals surface area contributed by atoms with Gasteiger partial charge < -0.3 is 11.1 Å². The lowest BCUT2D eigenvalue weighted by atomic mass is 10.2. The second-order valence-corrected chi connectivity index (χ2v) is 3.20. The van der Waals surface area contributed by atoms with Crippen LogP contribution in [0.4, 0.5) is 0 Å². The van der Waals surface area contributed by atoms with E-state index in [1.807, 2.05) is 0 Å². The number of nitrogens with one attached hydrogen (secondary N) is 1. The van der Waals surface area contributed by atoms with Crippen LogP contribution in [0.15, 0.2) is 11.8 Å². The van der Waals surface area contributed by atoms with E-state index in [4.69, 9.17) is 23.2 Å². The van der Waals surface area contributed by atoms with Gasteiger partial charge in [0.2, 0.25) is 11.8 Å². The molecule has 7 nitrogen and oxygen atoms in total. The molecule has 82 valence electrons. The molecule has 1 saturated heterocycles. The highest BCUT2D eigenvalue weighted by Gasteiger charge is 2.27.